The molecule has 4 nitrogen and oxygen atoms in total. The van der Waals surface area contributed by atoms with Crippen LogP contribution in [0.25, 0.3) is 0 Å². The number of hydrogen-bond donors (Lipinski definition) is 2. The average Bonchev–Trinajstić information content (AvgIpc) is 2.24. The summed E-state index contributed by atoms with van der Waals surface area (Å²) in [6.07, 6.45) is 0. The summed E-state index contributed by atoms with van der Waals surface area (Å²) in [7, 11) is 0. The molecule has 2 N–H and O–H groups in total. The average molecular weight is 235 g/mol. The van der Waals surface area contributed by atoms with Crippen molar-refractivity contribution in [2.75, 3.05) is 25.1 Å². The van der Waals surface area contributed by atoms with E-state index < -0.39 is 5.97 Å². The second kappa shape index (κ2) is 4.37. The van der Waals surface area contributed by atoms with Crippen molar-refractivity contribution in [3.05, 3.63) is 29.3 Å². The molecule has 1 aromatic rings. The summed E-state index contributed by atoms with van der Waals surface area (Å²) >= 11 is 0. The Bertz CT molecular complexity index is 438. The number of anilines is 1. The van der Waals surface area contributed by atoms with Crippen LogP contribution in [0.3, 0.4) is 0 Å². The van der Waals surface area contributed by atoms with E-state index >= 15 is 0 Å². The standard InChI is InChI=1S/C13H17NO3/c1-9-5-10(12(15)16)3-4-11(9)14-6-13(2)7-17-8-13/h3-5,14H,6-8H2,1-2H3,(H,15,16). The Hall–Kier alpha value is -1.55. The second-order valence-corrected chi connectivity index (χ2v) is 4.99. The predicted octanol–water partition coefficient (Wildman–Crippen LogP) is 2.14. The van der Waals surface area contributed by atoms with Gasteiger partial charge in [-0.1, -0.05) is 6.92 Å². The molecule has 1 fully saturated rings. The molecule has 1 aromatic carbocycles. The number of aromatic carboxylic acids is 1. The molecule has 0 aromatic heterocycles. The topological polar surface area (TPSA) is 58.6 Å². The van der Waals surface area contributed by atoms with Gasteiger partial charge in [0.1, 0.15) is 0 Å². The van der Waals surface area contributed by atoms with Crippen LogP contribution in [0.4, 0.5) is 5.69 Å². The van der Waals surface area contributed by atoms with E-state index in [-0.39, 0.29) is 5.41 Å². The van der Waals surface area contributed by atoms with Gasteiger partial charge in [0.05, 0.1) is 18.8 Å². The van der Waals surface area contributed by atoms with Gasteiger partial charge >= 0.3 is 5.97 Å². The highest BCUT2D eigenvalue weighted by atomic mass is 16.5. The van der Waals surface area contributed by atoms with Crippen LogP contribution in [0.5, 0.6) is 0 Å². The summed E-state index contributed by atoms with van der Waals surface area (Å²) < 4.78 is 5.19. The van der Waals surface area contributed by atoms with Crippen LogP contribution in [-0.4, -0.2) is 30.8 Å². The summed E-state index contributed by atoms with van der Waals surface area (Å²) in [4.78, 5) is 10.8. The van der Waals surface area contributed by atoms with Crippen LogP contribution in [0, 0.1) is 12.3 Å². The summed E-state index contributed by atoms with van der Waals surface area (Å²) in [5.74, 6) is -0.890. The van der Waals surface area contributed by atoms with E-state index in [2.05, 4.69) is 12.2 Å². The molecule has 4 heteroatoms. The Morgan fingerprint density at radius 3 is 2.71 bits per heavy atom. The molecule has 0 saturated carbocycles. The Labute approximate surface area is 101 Å². The van der Waals surface area contributed by atoms with Crippen molar-refractivity contribution in [1.29, 1.82) is 0 Å². The molecule has 17 heavy (non-hydrogen) atoms. The van der Waals surface area contributed by atoms with Crippen molar-refractivity contribution in [3.8, 4) is 0 Å². The molecule has 1 aliphatic rings. The number of carbonyl (C=O) groups is 1. The third kappa shape index (κ3) is 2.58. The maximum Gasteiger partial charge on any atom is 0.335 e. The molecular weight excluding hydrogens is 218 g/mol. The first-order valence-corrected chi connectivity index (χ1v) is 5.66. The molecule has 1 heterocycles. The highest BCUT2D eigenvalue weighted by Crippen LogP contribution is 2.27. The van der Waals surface area contributed by atoms with Crippen molar-refractivity contribution < 1.29 is 14.6 Å². The number of nitrogens with one attached hydrogen (secondary N) is 1. The van der Waals surface area contributed by atoms with E-state index in [0.29, 0.717) is 5.56 Å². The highest BCUT2D eigenvalue weighted by molar-refractivity contribution is 5.88. The van der Waals surface area contributed by atoms with Crippen LogP contribution in [0.1, 0.15) is 22.8 Å². The normalized spacial score (nSPS) is 17.3. The fourth-order valence-corrected chi connectivity index (χ4v) is 1.86. The molecule has 0 bridgehead atoms. The zero-order valence-electron chi connectivity index (χ0n) is 10.1. The van der Waals surface area contributed by atoms with Crippen LogP contribution < -0.4 is 5.32 Å². The lowest BCUT2D eigenvalue weighted by Crippen LogP contribution is -2.45. The number of ether oxygens (including phenoxy) is 1. The van der Waals surface area contributed by atoms with Crippen LogP contribution in [0.2, 0.25) is 0 Å². The van der Waals surface area contributed by atoms with Gasteiger partial charge in [0.15, 0.2) is 0 Å². The van der Waals surface area contributed by atoms with Crippen molar-refractivity contribution in [2.45, 2.75) is 13.8 Å². The molecule has 0 atom stereocenters. The molecule has 0 spiro atoms. The van der Waals surface area contributed by atoms with Gasteiger partial charge < -0.3 is 15.2 Å². The van der Waals surface area contributed by atoms with E-state index in [0.717, 1.165) is 31.0 Å². The van der Waals surface area contributed by atoms with Gasteiger partial charge in [-0.25, -0.2) is 4.79 Å². The summed E-state index contributed by atoms with van der Waals surface area (Å²) in [5, 5.41) is 12.2. The quantitative estimate of drug-likeness (QED) is 0.839. The molecule has 0 aliphatic carbocycles. The third-order valence-corrected chi connectivity index (χ3v) is 3.08. The largest absolute Gasteiger partial charge is 0.478 e. The Kier molecular flexibility index (Phi) is 3.07. The minimum absolute atomic E-state index is 0.206. The summed E-state index contributed by atoms with van der Waals surface area (Å²) in [6, 6.07) is 5.13. The molecule has 0 unspecified atom stereocenters. The van der Waals surface area contributed by atoms with Gasteiger partial charge in [0, 0.05) is 17.6 Å². The first-order valence-electron chi connectivity index (χ1n) is 5.66. The molecule has 92 valence electrons. The molecule has 0 amide bonds. The van der Waals surface area contributed by atoms with Crippen molar-refractivity contribution in [1.82, 2.24) is 0 Å². The lowest BCUT2D eigenvalue weighted by atomic mass is 9.88. The second-order valence-electron chi connectivity index (χ2n) is 4.99. The highest BCUT2D eigenvalue weighted by Gasteiger charge is 2.32. The van der Waals surface area contributed by atoms with Gasteiger partial charge in [-0.2, -0.15) is 0 Å². The number of carboxylic acids is 1. The Morgan fingerprint density at radius 1 is 1.53 bits per heavy atom. The van der Waals surface area contributed by atoms with Crippen LogP contribution in [-0.2, 0) is 4.74 Å². The van der Waals surface area contributed by atoms with Crippen molar-refractivity contribution in [3.63, 3.8) is 0 Å². The van der Waals surface area contributed by atoms with Gasteiger partial charge in [-0.3, -0.25) is 0 Å². The van der Waals surface area contributed by atoms with Crippen LogP contribution >= 0.6 is 0 Å². The molecular formula is C13H17NO3. The number of aryl methyl sites for hydroxylation is 1. The SMILES string of the molecule is Cc1cc(C(=O)O)ccc1NCC1(C)COC1. The third-order valence-electron chi connectivity index (χ3n) is 3.08. The van der Waals surface area contributed by atoms with Gasteiger partial charge in [0.2, 0.25) is 0 Å². The van der Waals surface area contributed by atoms with Gasteiger partial charge in [0.25, 0.3) is 0 Å². The number of benzene rings is 1. The van der Waals surface area contributed by atoms with Gasteiger partial charge in [-0.05, 0) is 30.7 Å². The van der Waals surface area contributed by atoms with E-state index in [9.17, 15) is 4.79 Å². The number of hydrogen-bond acceptors (Lipinski definition) is 3. The molecule has 1 saturated heterocycles. The summed E-state index contributed by atoms with van der Waals surface area (Å²) in [5.41, 5.74) is 2.47. The zero-order chi connectivity index (χ0) is 12.5. The van der Waals surface area contributed by atoms with E-state index in [1.54, 1.807) is 12.1 Å². The van der Waals surface area contributed by atoms with E-state index in [1.807, 2.05) is 13.0 Å². The Balaban J connectivity index is 2.03. The van der Waals surface area contributed by atoms with E-state index in [4.69, 9.17) is 9.84 Å². The number of rotatable bonds is 4. The number of carboxylic acid groups (broad SMARTS) is 1. The maximum absolute atomic E-state index is 10.8. The molecule has 2 rings (SSSR count). The lowest BCUT2D eigenvalue weighted by molar-refractivity contribution is -0.0924. The lowest BCUT2D eigenvalue weighted by Gasteiger charge is -2.38. The van der Waals surface area contributed by atoms with Crippen molar-refractivity contribution >= 4 is 11.7 Å². The maximum atomic E-state index is 10.8. The predicted molar refractivity (Wildman–Crippen MR) is 65.6 cm³/mol. The first-order chi connectivity index (χ1) is 8.00. The zero-order valence-corrected chi connectivity index (χ0v) is 10.1. The molecule has 1 aliphatic heterocycles. The smallest absolute Gasteiger partial charge is 0.335 e. The minimum Gasteiger partial charge on any atom is -0.478 e. The Morgan fingerprint density at radius 2 is 2.24 bits per heavy atom. The fourth-order valence-electron chi connectivity index (χ4n) is 1.86. The fraction of sp³-hybridized carbons (Fsp3) is 0.462. The van der Waals surface area contributed by atoms with Gasteiger partial charge in [-0.15, -0.1) is 0 Å². The van der Waals surface area contributed by atoms with Crippen molar-refractivity contribution in [2.24, 2.45) is 5.41 Å². The molecule has 0 radical (unpaired) electrons. The van der Waals surface area contributed by atoms with E-state index in [1.165, 1.54) is 0 Å². The monoisotopic (exact) mass is 235 g/mol. The minimum atomic E-state index is -0.890. The summed E-state index contributed by atoms with van der Waals surface area (Å²) in [6.45, 7) is 6.50. The van der Waals surface area contributed by atoms with Crippen LogP contribution in [0.15, 0.2) is 18.2 Å². The first kappa shape index (κ1) is 11.9.